The molecule has 3 N–H and O–H groups in total. The largest absolute Gasteiger partial charge is 0.493 e. The van der Waals surface area contributed by atoms with Crippen LogP contribution in [-0.2, 0) is 9.53 Å². The molecular formula is C18H19ClN2O5. The first-order chi connectivity index (χ1) is 12.4. The Kier molecular flexibility index (Phi) is 6.30. The molecule has 0 aromatic heterocycles. The van der Waals surface area contributed by atoms with Gasteiger partial charge in [-0.1, -0.05) is 17.7 Å². The highest BCUT2D eigenvalue weighted by Gasteiger charge is 2.21. The van der Waals surface area contributed by atoms with Crippen LogP contribution < -0.4 is 20.5 Å². The Labute approximate surface area is 156 Å². The van der Waals surface area contributed by atoms with E-state index >= 15 is 0 Å². The molecule has 138 valence electrons. The number of nitrogens with one attached hydrogen (secondary N) is 1. The van der Waals surface area contributed by atoms with E-state index < -0.39 is 18.0 Å². The summed E-state index contributed by atoms with van der Waals surface area (Å²) in [7, 11) is 3.00. The molecule has 0 saturated heterocycles. The van der Waals surface area contributed by atoms with Gasteiger partial charge in [0.25, 0.3) is 5.91 Å². The van der Waals surface area contributed by atoms with Crippen LogP contribution in [0.4, 0.5) is 11.4 Å². The van der Waals surface area contributed by atoms with Crippen molar-refractivity contribution in [2.45, 2.75) is 13.0 Å². The molecule has 8 heteroatoms. The summed E-state index contributed by atoms with van der Waals surface area (Å²) in [5.74, 6) is -0.255. The predicted octanol–water partition coefficient (Wildman–Crippen LogP) is 3.12. The van der Waals surface area contributed by atoms with Crippen LogP contribution >= 0.6 is 11.6 Å². The molecule has 0 saturated carbocycles. The van der Waals surface area contributed by atoms with Gasteiger partial charge in [-0.05, 0) is 31.2 Å². The van der Waals surface area contributed by atoms with E-state index in [1.807, 2.05) is 0 Å². The van der Waals surface area contributed by atoms with E-state index in [2.05, 4.69) is 5.32 Å². The molecule has 1 amide bonds. The minimum atomic E-state index is -1.05. The number of esters is 1. The van der Waals surface area contributed by atoms with Crippen molar-refractivity contribution in [1.29, 1.82) is 0 Å². The van der Waals surface area contributed by atoms with Crippen molar-refractivity contribution in [2.24, 2.45) is 0 Å². The maximum absolute atomic E-state index is 12.3. The monoisotopic (exact) mass is 378 g/mol. The molecule has 1 unspecified atom stereocenters. The highest BCUT2D eigenvalue weighted by Crippen LogP contribution is 2.30. The van der Waals surface area contributed by atoms with Crippen LogP contribution in [0.15, 0.2) is 36.4 Å². The number of anilines is 2. The quantitative estimate of drug-likeness (QED) is 0.591. The number of nitrogens with two attached hydrogens (primary N) is 1. The lowest BCUT2D eigenvalue weighted by Gasteiger charge is -2.15. The number of nitrogen functional groups attached to an aromatic ring is 1. The van der Waals surface area contributed by atoms with Gasteiger partial charge in [0.1, 0.15) is 0 Å². The van der Waals surface area contributed by atoms with Gasteiger partial charge in [0, 0.05) is 11.8 Å². The van der Waals surface area contributed by atoms with Crippen LogP contribution in [0, 0.1) is 0 Å². The normalized spacial score (nSPS) is 11.4. The molecule has 0 aliphatic heterocycles. The second-order valence-electron chi connectivity index (χ2n) is 5.31. The fraction of sp³-hybridized carbons (Fsp3) is 0.222. The van der Waals surface area contributed by atoms with E-state index in [1.54, 1.807) is 30.3 Å². The van der Waals surface area contributed by atoms with E-state index in [0.29, 0.717) is 17.2 Å². The number of halogens is 1. The van der Waals surface area contributed by atoms with Crippen LogP contribution in [-0.4, -0.2) is 32.2 Å². The van der Waals surface area contributed by atoms with Crippen molar-refractivity contribution in [3.63, 3.8) is 0 Å². The summed E-state index contributed by atoms with van der Waals surface area (Å²) in [6.45, 7) is 1.45. The number of hydrogen-bond acceptors (Lipinski definition) is 6. The zero-order chi connectivity index (χ0) is 19.3. The van der Waals surface area contributed by atoms with Gasteiger partial charge in [0.15, 0.2) is 17.6 Å². The summed E-state index contributed by atoms with van der Waals surface area (Å²) in [6.07, 6.45) is -1.05. The Morgan fingerprint density at radius 1 is 1.12 bits per heavy atom. The maximum atomic E-state index is 12.3. The van der Waals surface area contributed by atoms with E-state index in [9.17, 15) is 9.59 Å². The third-order valence-electron chi connectivity index (χ3n) is 3.58. The molecule has 2 aromatic carbocycles. The predicted molar refractivity (Wildman–Crippen MR) is 98.9 cm³/mol. The Bertz CT molecular complexity index is 825. The number of methoxy groups -OCH3 is 2. The number of amides is 1. The minimum Gasteiger partial charge on any atom is -0.493 e. The fourth-order valence-electron chi connectivity index (χ4n) is 2.15. The molecular weight excluding hydrogens is 360 g/mol. The van der Waals surface area contributed by atoms with Crippen molar-refractivity contribution < 1.29 is 23.8 Å². The first kappa shape index (κ1) is 19.4. The molecule has 0 bridgehead atoms. The fourth-order valence-corrected chi connectivity index (χ4v) is 2.32. The summed E-state index contributed by atoms with van der Waals surface area (Å²) < 4.78 is 15.5. The van der Waals surface area contributed by atoms with Gasteiger partial charge in [-0.3, -0.25) is 4.79 Å². The van der Waals surface area contributed by atoms with Crippen molar-refractivity contribution >= 4 is 34.9 Å². The van der Waals surface area contributed by atoms with E-state index in [-0.39, 0.29) is 16.3 Å². The minimum absolute atomic E-state index is 0.100. The van der Waals surface area contributed by atoms with Crippen LogP contribution in [0.25, 0.3) is 0 Å². The summed E-state index contributed by atoms with van der Waals surface area (Å²) in [5, 5.41) is 2.88. The molecule has 2 rings (SSSR count). The number of benzene rings is 2. The SMILES string of the molecule is COc1ccc(NC(=O)C(C)OC(=O)c2cccc(Cl)c2N)cc1OC. The molecule has 26 heavy (non-hydrogen) atoms. The van der Waals surface area contributed by atoms with E-state index in [1.165, 1.54) is 27.2 Å². The van der Waals surface area contributed by atoms with Gasteiger partial charge in [0.05, 0.1) is 30.5 Å². The van der Waals surface area contributed by atoms with Gasteiger partial charge < -0.3 is 25.3 Å². The molecule has 0 heterocycles. The van der Waals surface area contributed by atoms with Crippen LogP contribution in [0.5, 0.6) is 11.5 Å². The smallest absolute Gasteiger partial charge is 0.341 e. The van der Waals surface area contributed by atoms with Crippen molar-refractivity contribution in [2.75, 3.05) is 25.3 Å². The molecule has 0 aliphatic rings. The second kappa shape index (κ2) is 8.44. The van der Waals surface area contributed by atoms with Gasteiger partial charge >= 0.3 is 5.97 Å². The average Bonchev–Trinajstić information content (AvgIpc) is 2.63. The zero-order valence-electron chi connectivity index (χ0n) is 14.5. The number of ether oxygens (including phenoxy) is 3. The Morgan fingerprint density at radius 2 is 1.81 bits per heavy atom. The number of carbonyl (C=O) groups excluding carboxylic acids is 2. The molecule has 0 fully saturated rings. The first-order valence-corrected chi connectivity index (χ1v) is 8.03. The summed E-state index contributed by atoms with van der Waals surface area (Å²) in [5.41, 5.74) is 6.43. The number of hydrogen-bond donors (Lipinski definition) is 2. The van der Waals surface area contributed by atoms with E-state index in [0.717, 1.165) is 0 Å². The Hall–Kier alpha value is -2.93. The first-order valence-electron chi connectivity index (χ1n) is 7.65. The summed E-state index contributed by atoms with van der Waals surface area (Å²) in [4.78, 5) is 24.5. The van der Waals surface area contributed by atoms with Gasteiger partial charge in [0.2, 0.25) is 0 Å². The number of para-hydroxylation sites is 1. The lowest BCUT2D eigenvalue weighted by molar-refractivity contribution is -0.123. The lowest BCUT2D eigenvalue weighted by atomic mass is 10.2. The molecule has 1 atom stereocenters. The number of rotatable bonds is 6. The molecule has 0 spiro atoms. The van der Waals surface area contributed by atoms with Crippen molar-refractivity contribution in [3.05, 3.63) is 47.0 Å². The van der Waals surface area contributed by atoms with Gasteiger partial charge in [-0.15, -0.1) is 0 Å². The topological polar surface area (TPSA) is 99.9 Å². The summed E-state index contributed by atoms with van der Waals surface area (Å²) >= 11 is 5.88. The standard InChI is InChI=1S/C18H19ClN2O5/c1-10(26-18(23)12-5-4-6-13(19)16(12)20)17(22)21-11-7-8-14(24-2)15(9-11)25-3/h4-10H,20H2,1-3H3,(H,21,22). The third kappa shape index (κ3) is 4.37. The molecule has 0 aliphatic carbocycles. The second-order valence-corrected chi connectivity index (χ2v) is 5.71. The molecule has 7 nitrogen and oxygen atoms in total. The van der Waals surface area contributed by atoms with Crippen LogP contribution in [0.3, 0.4) is 0 Å². The average molecular weight is 379 g/mol. The van der Waals surface area contributed by atoms with Gasteiger partial charge in [-0.2, -0.15) is 0 Å². The third-order valence-corrected chi connectivity index (χ3v) is 3.91. The maximum Gasteiger partial charge on any atom is 0.341 e. The van der Waals surface area contributed by atoms with E-state index in [4.69, 9.17) is 31.5 Å². The zero-order valence-corrected chi connectivity index (χ0v) is 15.3. The highest BCUT2D eigenvalue weighted by molar-refractivity contribution is 6.33. The summed E-state index contributed by atoms with van der Waals surface area (Å²) in [6, 6.07) is 9.49. The van der Waals surface area contributed by atoms with Gasteiger partial charge in [-0.25, -0.2) is 4.79 Å². The van der Waals surface area contributed by atoms with Crippen molar-refractivity contribution in [1.82, 2.24) is 0 Å². The van der Waals surface area contributed by atoms with Crippen molar-refractivity contribution in [3.8, 4) is 11.5 Å². The highest BCUT2D eigenvalue weighted by atomic mass is 35.5. The Balaban J connectivity index is 2.05. The van der Waals surface area contributed by atoms with Crippen LogP contribution in [0.1, 0.15) is 17.3 Å². The lowest BCUT2D eigenvalue weighted by Crippen LogP contribution is -2.30. The number of carbonyl (C=O) groups is 2. The Morgan fingerprint density at radius 3 is 2.46 bits per heavy atom. The van der Waals surface area contributed by atoms with Crippen LogP contribution in [0.2, 0.25) is 5.02 Å². The molecule has 2 aromatic rings. The molecule has 0 radical (unpaired) electrons.